The summed E-state index contributed by atoms with van der Waals surface area (Å²) in [4.78, 5) is 34.3. The number of aryl methyl sites for hydroxylation is 9. The Kier molecular flexibility index (Phi) is 28.9. The molecular formula is C125H98Ir4N8O4-8. The number of fused-ring (bicyclic) bond motifs is 12. The molecule has 0 aliphatic rings. The fourth-order valence-electron chi connectivity index (χ4n) is 15.1. The van der Waals surface area contributed by atoms with Crippen molar-refractivity contribution >= 4 is 87.8 Å². The molecule has 0 unspecified atom stereocenters. The third-order valence-corrected chi connectivity index (χ3v) is 22.3. The second-order valence-corrected chi connectivity index (χ2v) is 31.9. The van der Waals surface area contributed by atoms with Crippen LogP contribution in [0.5, 0.6) is 0 Å². The molecular weight excluding hydrogens is 2450 g/mol. The van der Waals surface area contributed by atoms with Crippen LogP contribution in [0.3, 0.4) is 0 Å². The molecule has 12 aromatic heterocycles. The van der Waals surface area contributed by atoms with Crippen LogP contribution in [0.15, 0.2) is 395 Å². The van der Waals surface area contributed by atoms with Crippen LogP contribution in [0.2, 0.25) is 0 Å². The van der Waals surface area contributed by atoms with Crippen molar-refractivity contribution < 1.29 is 123 Å². The summed E-state index contributed by atoms with van der Waals surface area (Å²) in [5, 5.41) is 8.52. The number of furan rings is 4. The van der Waals surface area contributed by atoms with Gasteiger partial charge in [-0.3, -0.25) is 0 Å². The number of benzene rings is 12. The maximum atomic E-state index is 7.73. The van der Waals surface area contributed by atoms with Gasteiger partial charge in [0.1, 0.15) is 22.3 Å². The monoisotopic (exact) mass is 2560 g/mol. The first-order valence-electron chi connectivity index (χ1n) is 53.2. The minimum Gasteiger partial charge on any atom is -0.501 e. The average molecular weight is 2560 g/mol. The molecule has 0 N–H and O–H groups in total. The first-order chi connectivity index (χ1) is 74.3. The van der Waals surface area contributed by atoms with Gasteiger partial charge in [-0.1, -0.05) is 232 Å². The SMILES string of the molecule is CC(C)c1ccnc(-c2[c-]ccc3c2oc2ccccc23)c1.CCc1ccnc(-c2[c-]ccc3c2oc2ccccc23)c1.Cc1cnc(-c2[c-]ccc3c2oc2ccccc23)cc1C.[2H]C([2H])([2H])c1ccc(-c2[c-]cccc2)nc1.[2H]C([2H])([2H])c1ccc(-c2[c-]cccc2)nc1.[2H]C([2H])([2H])c1ccc(-c2[c-]cccc2)nc1.[2H]C([2H])([2H])c1ccc(-c2[c-]cccc2)nc1.[2H]C([2H])([2H])c1cnc(-c2[c-]ccc3c2oc2ccccc23)cc1C([2H])([2H])[2H].[Ir].[Ir].[Ir].[Ir]. The molecule has 706 valence electrons. The fourth-order valence-corrected chi connectivity index (χ4v) is 15.1. The summed E-state index contributed by atoms with van der Waals surface area (Å²) in [6.07, 6.45) is 13.3. The minimum absolute atomic E-state index is 0. The second kappa shape index (κ2) is 50.0. The van der Waals surface area contributed by atoms with Gasteiger partial charge in [0.15, 0.2) is 0 Å². The zero-order chi connectivity index (χ0) is 110. The van der Waals surface area contributed by atoms with Crippen molar-refractivity contribution in [2.45, 2.75) is 88.1 Å². The van der Waals surface area contributed by atoms with E-state index in [1.54, 1.807) is 78.9 Å². The third-order valence-electron chi connectivity index (χ3n) is 22.3. The van der Waals surface area contributed by atoms with Crippen molar-refractivity contribution in [3.63, 3.8) is 0 Å². The molecule has 0 bridgehead atoms. The van der Waals surface area contributed by atoms with Gasteiger partial charge < -0.3 is 57.5 Å². The summed E-state index contributed by atoms with van der Waals surface area (Å²) in [6, 6.07) is 127. The van der Waals surface area contributed by atoms with Gasteiger partial charge in [-0.2, -0.15) is 0 Å². The quantitative estimate of drug-likeness (QED) is 0.120. The molecule has 16 heteroatoms. The van der Waals surface area contributed by atoms with E-state index in [-0.39, 0.29) is 114 Å². The number of nitrogens with zero attached hydrogens (tertiary/aromatic N) is 8. The number of hydrogen-bond acceptors (Lipinski definition) is 12. The zero-order valence-electron chi connectivity index (χ0n) is 94.6. The van der Waals surface area contributed by atoms with E-state index in [1.165, 1.54) is 53.1 Å². The number of hydrogen-bond donors (Lipinski definition) is 0. The van der Waals surface area contributed by atoms with Crippen molar-refractivity contribution in [2.24, 2.45) is 0 Å². The van der Waals surface area contributed by atoms with E-state index in [9.17, 15) is 0 Å². The van der Waals surface area contributed by atoms with E-state index in [0.29, 0.717) is 28.3 Å². The van der Waals surface area contributed by atoms with Crippen LogP contribution in [-0.4, -0.2) is 39.9 Å². The first kappa shape index (κ1) is 81.5. The van der Waals surface area contributed by atoms with E-state index in [4.69, 9.17) is 42.3 Å². The van der Waals surface area contributed by atoms with Gasteiger partial charge in [0.05, 0.1) is 22.3 Å². The Morgan fingerprint density at radius 3 is 0.844 bits per heavy atom. The van der Waals surface area contributed by atoms with Crippen molar-refractivity contribution in [2.75, 3.05) is 0 Å². The Balaban J connectivity index is 0.000000151. The molecule has 0 spiro atoms. The van der Waals surface area contributed by atoms with Crippen LogP contribution in [0.25, 0.3) is 178 Å². The van der Waals surface area contributed by atoms with Crippen LogP contribution >= 0.6 is 0 Å². The van der Waals surface area contributed by atoms with E-state index < -0.39 is 41.1 Å². The van der Waals surface area contributed by atoms with E-state index in [0.717, 1.165) is 168 Å². The van der Waals surface area contributed by atoms with Crippen molar-refractivity contribution in [1.82, 2.24) is 39.9 Å². The molecule has 24 rings (SSSR count). The van der Waals surface area contributed by atoms with E-state index in [1.807, 2.05) is 213 Å². The number of aromatic nitrogens is 8. The van der Waals surface area contributed by atoms with Gasteiger partial charge in [0.25, 0.3) is 0 Å². The van der Waals surface area contributed by atoms with E-state index >= 15 is 0 Å². The molecule has 141 heavy (non-hydrogen) atoms. The van der Waals surface area contributed by atoms with Crippen molar-refractivity contribution in [3.8, 4) is 90.1 Å². The molecule has 0 saturated carbocycles. The molecule has 0 aliphatic carbocycles. The van der Waals surface area contributed by atoms with Gasteiger partial charge in [-0.05, 0) is 183 Å². The summed E-state index contributed by atoms with van der Waals surface area (Å²) in [6.45, 7) is -2.83. The van der Waals surface area contributed by atoms with Crippen LogP contribution in [0.1, 0.15) is 107 Å². The predicted octanol–water partition coefficient (Wildman–Crippen LogP) is 32.1. The van der Waals surface area contributed by atoms with Crippen LogP contribution < -0.4 is 0 Å². The fraction of sp³-hybridized carbons (Fsp3) is 0.104. The topological polar surface area (TPSA) is 156 Å². The summed E-state index contributed by atoms with van der Waals surface area (Å²) in [5.41, 5.74) is 24.6. The minimum atomic E-state index is -2.58. The second-order valence-electron chi connectivity index (χ2n) is 31.9. The van der Waals surface area contributed by atoms with Crippen LogP contribution in [-0.2, 0) is 86.8 Å². The predicted molar refractivity (Wildman–Crippen MR) is 559 cm³/mol. The van der Waals surface area contributed by atoms with Gasteiger partial charge in [0, 0.05) is 176 Å². The smallest absolute Gasteiger partial charge is 0.120 e. The Morgan fingerprint density at radius 1 is 0.255 bits per heavy atom. The van der Waals surface area contributed by atoms with Gasteiger partial charge in [-0.15, -0.1) is 216 Å². The molecule has 12 aromatic carbocycles. The Morgan fingerprint density at radius 2 is 0.553 bits per heavy atom. The number of pyridine rings is 8. The largest absolute Gasteiger partial charge is 0.501 e. The molecule has 0 fully saturated rings. The number of para-hydroxylation sites is 4. The Labute approximate surface area is 903 Å². The summed E-state index contributed by atoms with van der Waals surface area (Å²) >= 11 is 0. The molecule has 0 saturated heterocycles. The van der Waals surface area contributed by atoms with Gasteiger partial charge in [-0.25, -0.2) is 0 Å². The molecule has 0 amide bonds. The summed E-state index contributed by atoms with van der Waals surface area (Å²) in [7, 11) is 0. The summed E-state index contributed by atoms with van der Waals surface area (Å²) in [5.74, 6) is 0.469. The first-order valence-corrected chi connectivity index (χ1v) is 44.2. The maximum absolute atomic E-state index is 7.73. The van der Waals surface area contributed by atoms with Crippen molar-refractivity contribution in [1.29, 1.82) is 0 Å². The van der Waals surface area contributed by atoms with Crippen LogP contribution in [0, 0.1) is 103 Å². The molecule has 0 atom stereocenters. The molecule has 12 nitrogen and oxygen atoms in total. The normalized spacial score (nSPS) is 13.0. The van der Waals surface area contributed by atoms with E-state index in [2.05, 4.69) is 172 Å². The maximum Gasteiger partial charge on any atom is 0.120 e. The van der Waals surface area contributed by atoms with Gasteiger partial charge in [0.2, 0.25) is 0 Å². The molecule has 0 aliphatic heterocycles. The van der Waals surface area contributed by atoms with Crippen molar-refractivity contribution in [3.05, 3.63) is 481 Å². The standard InChI is InChI=1S/C20H16NO.3C19H14NO.4C12H10N.4Ir/c1-13(2)14-10-11-21-18(12-14)17-8-5-7-16-15-6-3-4-9-19(15)22-20(16)17;2*1-12-10-17(20-11-13(12)2)16-8-5-7-15-14-6-3-4-9-18(14)21-19(15)16;1-2-13-10-11-20-17(12-13)16-8-5-7-15-14-6-3-4-9-18(14)21-19(15)16;4*1-10-7-8-12(13-9-10)11-5-3-2-4-6-11;;;;/h3-7,9-13H,1-2H3;2*3-7,9-11H,1-2H3;3-7,9-12H,2H2,1H3;4*2-5,7-9H,1H3;;;;/q8*-1;;;;/i;1D3,2D3;;;4*1D3;;;;. The molecule has 4 radical (unpaired) electrons. The molecule has 24 aromatic rings. The third kappa shape index (κ3) is 25.6. The number of rotatable bonds is 10. The Bertz CT molecular complexity index is 8590. The van der Waals surface area contributed by atoms with Crippen LogP contribution in [0.4, 0.5) is 0 Å². The Hall–Kier alpha value is -14.4. The van der Waals surface area contributed by atoms with Gasteiger partial charge >= 0.3 is 0 Å². The average Bonchev–Trinajstić information content (AvgIpc) is 1.63. The zero-order valence-corrected chi connectivity index (χ0v) is 86.2. The summed E-state index contributed by atoms with van der Waals surface area (Å²) < 4.78 is 157. The molecule has 12 heterocycles.